The van der Waals surface area contributed by atoms with Gasteiger partial charge in [0.15, 0.2) is 0 Å². The van der Waals surface area contributed by atoms with Crippen LogP contribution in [0.3, 0.4) is 0 Å². The number of rotatable bonds is 6. The van der Waals surface area contributed by atoms with Crippen molar-refractivity contribution >= 4 is 15.9 Å². The smallest absolute Gasteiger partial charge is 0.0175 e. The standard InChI is InChI=1S/C24H25Br/c1-3-4-5-6-19-7-9-21(10-8-19)24-16-13-22(17-18(24)2)20-11-14-23(25)15-12-20/h7-17H,3-6H2,1-2H3. The summed E-state index contributed by atoms with van der Waals surface area (Å²) in [4.78, 5) is 0. The highest BCUT2D eigenvalue weighted by Crippen LogP contribution is 2.29. The zero-order chi connectivity index (χ0) is 17.6. The zero-order valence-electron chi connectivity index (χ0n) is 15.1. The highest BCUT2D eigenvalue weighted by atomic mass is 79.9. The van der Waals surface area contributed by atoms with Gasteiger partial charge in [-0.05, 0) is 65.3 Å². The van der Waals surface area contributed by atoms with Crippen molar-refractivity contribution in [3.8, 4) is 22.3 Å². The van der Waals surface area contributed by atoms with E-state index in [1.54, 1.807) is 0 Å². The predicted octanol–water partition coefficient (Wildman–Crippen LogP) is 7.82. The first-order chi connectivity index (χ1) is 12.2. The molecule has 0 spiro atoms. The summed E-state index contributed by atoms with van der Waals surface area (Å²) in [5.41, 5.74) is 7.91. The van der Waals surface area contributed by atoms with Gasteiger partial charge < -0.3 is 0 Å². The van der Waals surface area contributed by atoms with Crippen molar-refractivity contribution in [3.63, 3.8) is 0 Å². The molecule has 0 nitrogen and oxygen atoms in total. The summed E-state index contributed by atoms with van der Waals surface area (Å²) in [6.45, 7) is 4.46. The molecule has 0 unspecified atom stereocenters. The first-order valence-corrected chi connectivity index (χ1v) is 9.92. The van der Waals surface area contributed by atoms with E-state index in [0.717, 1.165) is 4.47 Å². The molecule has 0 aliphatic carbocycles. The van der Waals surface area contributed by atoms with Crippen LogP contribution in [-0.2, 0) is 6.42 Å². The largest absolute Gasteiger partial charge is 0.0654 e. The number of hydrogen-bond acceptors (Lipinski definition) is 0. The minimum absolute atomic E-state index is 1.11. The van der Waals surface area contributed by atoms with E-state index in [1.807, 2.05) is 0 Å². The van der Waals surface area contributed by atoms with Gasteiger partial charge in [-0.3, -0.25) is 0 Å². The van der Waals surface area contributed by atoms with Crippen molar-refractivity contribution in [1.82, 2.24) is 0 Å². The Morgan fingerprint density at radius 3 is 2.00 bits per heavy atom. The minimum atomic E-state index is 1.11. The van der Waals surface area contributed by atoms with Crippen molar-refractivity contribution in [1.29, 1.82) is 0 Å². The molecule has 0 saturated heterocycles. The fourth-order valence-electron chi connectivity index (χ4n) is 3.24. The summed E-state index contributed by atoms with van der Waals surface area (Å²) in [5.74, 6) is 0. The summed E-state index contributed by atoms with van der Waals surface area (Å²) >= 11 is 3.50. The fraction of sp³-hybridized carbons (Fsp3) is 0.250. The van der Waals surface area contributed by atoms with Crippen LogP contribution in [-0.4, -0.2) is 0 Å². The second kappa shape index (κ2) is 8.49. The van der Waals surface area contributed by atoms with Crippen LogP contribution < -0.4 is 0 Å². The van der Waals surface area contributed by atoms with E-state index in [-0.39, 0.29) is 0 Å². The lowest BCUT2D eigenvalue weighted by Gasteiger charge is -2.10. The monoisotopic (exact) mass is 392 g/mol. The van der Waals surface area contributed by atoms with Crippen LogP contribution in [0.1, 0.15) is 37.3 Å². The Bertz CT molecular complexity index is 814. The van der Waals surface area contributed by atoms with Crippen molar-refractivity contribution in [2.45, 2.75) is 39.5 Å². The third-order valence-electron chi connectivity index (χ3n) is 4.74. The Hall–Kier alpha value is -1.86. The lowest BCUT2D eigenvalue weighted by Crippen LogP contribution is -1.88. The normalized spacial score (nSPS) is 10.8. The molecule has 0 amide bonds. The van der Waals surface area contributed by atoms with Gasteiger partial charge in [0, 0.05) is 4.47 Å². The quantitative estimate of drug-likeness (QED) is 0.375. The van der Waals surface area contributed by atoms with Gasteiger partial charge >= 0.3 is 0 Å². The van der Waals surface area contributed by atoms with E-state index in [1.165, 1.54) is 59.1 Å². The summed E-state index contributed by atoms with van der Waals surface area (Å²) < 4.78 is 1.11. The van der Waals surface area contributed by atoms with Crippen LogP contribution in [0, 0.1) is 6.92 Å². The van der Waals surface area contributed by atoms with E-state index in [2.05, 4.69) is 96.5 Å². The first-order valence-electron chi connectivity index (χ1n) is 9.13. The van der Waals surface area contributed by atoms with E-state index in [0.29, 0.717) is 0 Å². The molecule has 0 aliphatic heterocycles. The van der Waals surface area contributed by atoms with Gasteiger partial charge in [0.2, 0.25) is 0 Å². The minimum Gasteiger partial charge on any atom is -0.0654 e. The number of aryl methyl sites for hydroxylation is 2. The molecule has 0 bridgehead atoms. The lowest BCUT2D eigenvalue weighted by molar-refractivity contribution is 0.717. The average molecular weight is 393 g/mol. The van der Waals surface area contributed by atoms with Crippen LogP contribution in [0.15, 0.2) is 71.2 Å². The fourth-order valence-corrected chi connectivity index (χ4v) is 3.50. The maximum atomic E-state index is 3.50. The Kier molecular flexibility index (Phi) is 6.09. The van der Waals surface area contributed by atoms with Gasteiger partial charge in [0.05, 0.1) is 0 Å². The van der Waals surface area contributed by atoms with Gasteiger partial charge in [0.25, 0.3) is 0 Å². The van der Waals surface area contributed by atoms with E-state index >= 15 is 0 Å². The molecule has 0 saturated carbocycles. The molecule has 128 valence electrons. The molecule has 3 aromatic rings. The summed E-state index contributed by atoms with van der Waals surface area (Å²) in [6, 6.07) is 24.4. The zero-order valence-corrected chi connectivity index (χ0v) is 16.6. The second-order valence-electron chi connectivity index (χ2n) is 6.69. The van der Waals surface area contributed by atoms with Crippen molar-refractivity contribution in [3.05, 3.63) is 82.3 Å². The Morgan fingerprint density at radius 2 is 1.36 bits per heavy atom. The highest BCUT2D eigenvalue weighted by Gasteiger charge is 2.05. The van der Waals surface area contributed by atoms with E-state index < -0.39 is 0 Å². The van der Waals surface area contributed by atoms with Crippen LogP contribution >= 0.6 is 15.9 Å². The van der Waals surface area contributed by atoms with E-state index in [9.17, 15) is 0 Å². The molecule has 0 aromatic heterocycles. The lowest BCUT2D eigenvalue weighted by atomic mass is 9.95. The highest BCUT2D eigenvalue weighted by molar-refractivity contribution is 9.10. The van der Waals surface area contributed by atoms with Gasteiger partial charge in [0.1, 0.15) is 0 Å². The second-order valence-corrected chi connectivity index (χ2v) is 7.61. The van der Waals surface area contributed by atoms with Crippen molar-refractivity contribution in [2.75, 3.05) is 0 Å². The molecule has 0 heterocycles. The molecular formula is C24H25Br. The van der Waals surface area contributed by atoms with Gasteiger partial charge in [-0.2, -0.15) is 0 Å². The van der Waals surface area contributed by atoms with Gasteiger partial charge in [-0.1, -0.05) is 90.3 Å². The van der Waals surface area contributed by atoms with Gasteiger partial charge in [-0.15, -0.1) is 0 Å². The SMILES string of the molecule is CCCCCc1ccc(-c2ccc(-c3ccc(Br)cc3)cc2C)cc1. The number of benzene rings is 3. The van der Waals surface area contributed by atoms with Crippen LogP contribution in [0.25, 0.3) is 22.3 Å². The third kappa shape index (κ3) is 4.61. The van der Waals surface area contributed by atoms with Gasteiger partial charge in [-0.25, -0.2) is 0 Å². The molecule has 0 atom stereocenters. The van der Waals surface area contributed by atoms with Crippen LogP contribution in [0.2, 0.25) is 0 Å². The topological polar surface area (TPSA) is 0 Å². The maximum Gasteiger partial charge on any atom is 0.0175 e. The molecule has 0 N–H and O–H groups in total. The molecule has 0 fully saturated rings. The number of unbranched alkanes of at least 4 members (excludes halogenated alkanes) is 2. The maximum absolute atomic E-state index is 3.50. The first kappa shape index (κ1) is 17.9. The predicted molar refractivity (Wildman–Crippen MR) is 113 cm³/mol. The third-order valence-corrected chi connectivity index (χ3v) is 5.27. The van der Waals surface area contributed by atoms with E-state index in [4.69, 9.17) is 0 Å². The Balaban J connectivity index is 1.79. The summed E-state index contributed by atoms with van der Waals surface area (Å²) in [7, 11) is 0. The molecule has 3 aromatic carbocycles. The molecule has 0 aliphatic rings. The van der Waals surface area contributed by atoms with Crippen LogP contribution in [0.4, 0.5) is 0 Å². The Labute approximate surface area is 160 Å². The molecular weight excluding hydrogens is 368 g/mol. The number of halogens is 1. The Morgan fingerprint density at radius 1 is 0.720 bits per heavy atom. The molecule has 1 heteroatoms. The number of hydrogen-bond donors (Lipinski definition) is 0. The van der Waals surface area contributed by atoms with Crippen molar-refractivity contribution < 1.29 is 0 Å². The summed E-state index contributed by atoms with van der Waals surface area (Å²) in [6.07, 6.45) is 5.08. The summed E-state index contributed by atoms with van der Waals surface area (Å²) in [5, 5.41) is 0. The molecule has 3 rings (SSSR count). The van der Waals surface area contributed by atoms with Crippen molar-refractivity contribution in [2.24, 2.45) is 0 Å². The molecule has 25 heavy (non-hydrogen) atoms. The average Bonchev–Trinajstić information content (AvgIpc) is 2.63. The van der Waals surface area contributed by atoms with Crippen LogP contribution in [0.5, 0.6) is 0 Å². The molecule has 0 radical (unpaired) electrons.